The molecule has 88 valence electrons. The van der Waals surface area contributed by atoms with Crippen LogP contribution < -0.4 is 5.73 Å². The zero-order chi connectivity index (χ0) is 11.5. The molecule has 0 spiro atoms. The molecule has 16 heavy (non-hydrogen) atoms. The highest BCUT2D eigenvalue weighted by molar-refractivity contribution is 5.93. The Bertz CT molecular complexity index is 366. The van der Waals surface area contributed by atoms with Crippen LogP contribution >= 0.6 is 0 Å². The van der Waals surface area contributed by atoms with E-state index in [-0.39, 0.29) is 5.91 Å². The van der Waals surface area contributed by atoms with Crippen molar-refractivity contribution >= 4 is 11.6 Å². The molecular weight excluding hydrogens is 202 g/mol. The predicted molar refractivity (Wildman–Crippen MR) is 64.2 cm³/mol. The highest BCUT2D eigenvalue weighted by atomic mass is 16.2. The van der Waals surface area contributed by atoms with Gasteiger partial charge in [-0.3, -0.25) is 4.79 Å². The highest BCUT2D eigenvalue weighted by Crippen LogP contribution is 2.24. The first-order chi connectivity index (χ1) is 7.72. The van der Waals surface area contributed by atoms with Crippen LogP contribution in [0.5, 0.6) is 0 Å². The van der Waals surface area contributed by atoms with Crippen LogP contribution in [0.4, 0.5) is 5.69 Å². The standard InChI is InChI=1S/C12H19N3O/c1-2-15(10-5-3-4-6-10)12(16)11-7-9(13)8-14-11/h7-8,10,14H,2-6,13H2,1H3. The first-order valence-corrected chi connectivity index (χ1v) is 5.97. The molecule has 1 aromatic heterocycles. The van der Waals surface area contributed by atoms with Crippen molar-refractivity contribution in [2.45, 2.75) is 38.6 Å². The van der Waals surface area contributed by atoms with Gasteiger partial charge in [0.25, 0.3) is 5.91 Å². The van der Waals surface area contributed by atoms with Crippen molar-refractivity contribution in [3.63, 3.8) is 0 Å². The highest BCUT2D eigenvalue weighted by Gasteiger charge is 2.26. The fourth-order valence-electron chi connectivity index (χ4n) is 2.47. The quantitative estimate of drug-likeness (QED) is 0.820. The predicted octanol–water partition coefficient (Wildman–Crippen LogP) is 2.00. The Hall–Kier alpha value is -1.45. The summed E-state index contributed by atoms with van der Waals surface area (Å²) >= 11 is 0. The van der Waals surface area contributed by atoms with Gasteiger partial charge in [0.15, 0.2) is 0 Å². The van der Waals surface area contributed by atoms with Crippen molar-refractivity contribution in [1.29, 1.82) is 0 Å². The Morgan fingerprint density at radius 3 is 2.75 bits per heavy atom. The number of anilines is 1. The second kappa shape index (κ2) is 4.60. The van der Waals surface area contributed by atoms with E-state index in [0.717, 1.165) is 19.4 Å². The fourth-order valence-corrected chi connectivity index (χ4v) is 2.47. The molecule has 4 heteroatoms. The average Bonchev–Trinajstić information content (AvgIpc) is 2.90. The van der Waals surface area contributed by atoms with Gasteiger partial charge in [-0.2, -0.15) is 0 Å². The van der Waals surface area contributed by atoms with E-state index in [0.29, 0.717) is 17.4 Å². The van der Waals surface area contributed by atoms with Crippen LogP contribution in [0.1, 0.15) is 43.1 Å². The van der Waals surface area contributed by atoms with Crippen molar-refractivity contribution in [2.75, 3.05) is 12.3 Å². The molecular formula is C12H19N3O. The number of H-pyrrole nitrogens is 1. The molecule has 0 bridgehead atoms. The minimum atomic E-state index is 0.0751. The van der Waals surface area contributed by atoms with Gasteiger partial charge in [-0.25, -0.2) is 0 Å². The summed E-state index contributed by atoms with van der Waals surface area (Å²) < 4.78 is 0. The molecule has 1 aliphatic rings. The number of amides is 1. The molecule has 0 radical (unpaired) electrons. The third-order valence-corrected chi connectivity index (χ3v) is 3.30. The van der Waals surface area contributed by atoms with E-state index in [1.807, 2.05) is 11.8 Å². The van der Waals surface area contributed by atoms with E-state index < -0.39 is 0 Å². The third-order valence-electron chi connectivity index (χ3n) is 3.30. The molecule has 1 aliphatic carbocycles. The summed E-state index contributed by atoms with van der Waals surface area (Å²) in [5.41, 5.74) is 6.83. The molecule has 2 rings (SSSR count). The van der Waals surface area contributed by atoms with Crippen molar-refractivity contribution in [2.24, 2.45) is 0 Å². The lowest BCUT2D eigenvalue weighted by molar-refractivity contribution is 0.0688. The van der Waals surface area contributed by atoms with Gasteiger partial charge in [-0.15, -0.1) is 0 Å². The smallest absolute Gasteiger partial charge is 0.270 e. The average molecular weight is 221 g/mol. The number of hydrogen-bond donors (Lipinski definition) is 2. The molecule has 1 fully saturated rings. The van der Waals surface area contributed by atoms with Crippen LogP contribution in [0, 0.1) is 0 Å². The summed E-state index contributed by atoms with van der Waals surface area (Å²) in [6.45, 7) is 2.80. The Balaban J connectivity index is 2.11. The number of aromatic amines is 1. The van der Waals surface area contributed by atoms with Gasteiger partial charge in [0, 0.05) is 24.5 Å². The molecule has 4 nitrogen and oxygen atoms in total. The van der Waals surface area contributed by atoms with Crippen LogP contribution in [-0.2, 0) is 0 Å². The van der Waals surface area contributed by atoms with Crippen molar-refractivity contribution in [1.82, 2.24) is 9.88 Å². The maximum absolute atomic E-state index is 12.2. The monoisotopic (exact) mass is 221 g/mol. The Morgan fingerprint density at radius 2 is 2.25 bits per heavy atom. The lowest BCUT2D eigenvalue weighted by Gasteiger charge is -2.27. The number of nitrogens with zero attached hydrogens (tertiary/aromatic N) is 1. The van der Waals surface area contributed by atoms with Crippen LogP contribution in [0.3, 0.4) is 0 Å². The maximum Gasteiger partial charge on any atom is 0.270 e. The molecule has 1 aromatic rings. The number of nitrogens with one attached hydrogen (secondary N) is 1. The largest absolute Gasteiger partial charge is 0.397 e. The number of nitrogens with two attached hydrogens (primary N) is 1. The van der Waals surface area contributed by atoms with E-state index in [9.17, 15) is 4.79 Å². The molecule has 0 aliphatic heterocycles. The minimum absolute atomic E-state index is 0.0751. The Labute approximate surface area is 95.8 Å². The van der Waals surface area contributed by atoms with Crippen molar-refractivity contribution in [3.8, 4) is 0 Å². The lowest BCUT2D eigenvalue weighted by atomic mass is 10.2. The topological polar surface area (TPSA) is 62.1 Å². The van der Waals surface area contributed by atoms with Gasteiger partial charge in [-0.1, -0.05) is 12.8 Å². The summed E-state index contributed by atoms with van der Waals surface area (Å²) in [7, 11) is 0. The molecule has 0 saturated heterocycles. The first-order valence-electron chi connectivity index (χ1n) is 5.97. The van der Waals surface area contributed by atoms with E-state index in [2.05, 4.69) is 4.98 Å². The van der Waals surface area contributed by atoms with Crippen LogP contribution in [0.15, 0.2) is 12.3 Å². The summed E-state index contributed by atoms with van der Waals surface area (Å²) in [4.78, 5) is 17.1. The van der Waals surface area contributed by atoms with Crippen LogP contribution in [0.25, 0.3) is 0 Å². The van der Waals surface area contributed by atoms with E-state index >= 15 is 0 Å². The second-order valence-electron chi connectivity index (χ2n) is 4.38. The molecule has 0 unspecified atom stereocenters. The normalized spacial score (nSPS) is 16.6. The van der Waals surface area contributed by atoms with Gasteiger partial charge in [0.1, 0.15) is 5.69 Å². The Morgan fingerprint density at radius 1 is 1.56 bits per heavy atom. The zero-order valence-electron chi connectivity index (χ0n) is 9.70. The molecule has 1 amide bonds. The van der Waals surface area contributed by atoms with Gasteiger partial charge in [0.2, 0.25) is 0 Å². The summed E-state index contributed by atoms with van der Waals surface area (Å²) in [5, 5.41) is 0. The lowest BCUT2D eigenvalue weighted by Crippen LogP contribution is -2.38. The SMILES string of the molecule is CCN(C(=O)c1cc(N)c[nH]1)C1CCCC1. The maximum atomic E-state index is 12.2. The van der Waals surface area contributed by atoms with E-state index in [1.54, 1.807) is 12.3 Å². The third kappa shape index (κ3) is 2.05. The molecule has 1 heterocycles. The fraction of sp³-hybridized carbons (Fsp3) is 0.583. The minimum Gasteiger partial charge on any atom is -0.397 e. The summed E-state index contributed by atoms with van der Waals surface area (Å²) in [6, 6.07) is 2.13. The molecule has 0 aromatic carbocycles. The number of rotatable bonds is 3. The van der Waals surface area contributed by atoms with Crippen molar-refractivity contribution < 1.29 is 4.79 Å². The second-order valence-corrected chi connectivity index (χ2v) is 4.38. The van der Waals surface area contributed by atoms with Gasteiger partial charge >= 0.3 is 0 Å². The number of nitrogen functional groups attached to an aromatic ring is 1. The van der Waals surface area contributed by atoms with E-state index in [4.69, 9.17) is 5.73 Å². The molecule has 1 saturated carbocycles. The number of hydrogen-bond acceptors (Lipinski definition) is 2. The molecule has 0 atom stereocenters. The number of aromatic nitrogens is 1. The van der Waals surface area contributed by atoms with E-state index in [1.165, 1.54) is 12.8 Å². The number of carbonyl (C=O) groups is 1. The van der Waals surface area contributed by atoms with Crippen molar-refractivity contribution in [3.05, 3.63) is 18.0 Å². The van der Waals surface area contributed by atoms with Gasteiger partial charge in [0.05, 0.1) is 0 Å². The Kier molecular flexibility index (Phi) is 3.17. The van der Waals surface area contributed by atoms with Crippen LogP contribution in [0.2, 0.25) is 0 Å². The number of carbonyl (C=O) groups excluding carboxylic acids is 1. The first kappa shape index (κ1) is 11.0. The summed E-state index contributed by atoms with van der Waals surface area (Å²) in [5.74, 6) is 0.0751. The molecule has 3 N–H and O–H groups in total. The van der Waals surface area contributed by atoms with Crippen LogP contribution in [-0.4, -0.2) is 28.4 Å². The summed E-state index contributed by atoms with van der Waals surface area (Å²) in [6.07, 6.45) is 6.41. The van der Waals surface area contributed by atoms with Gasteiger partial charge in [-0.05, 0) is 25.8 Å². The van der Waals surface area contributed by atoms with Gasteiger partial charge < -0.3 is 15.6 Å². The zero-order valence-corrected chi connectivity index (χ0v) is 9.70.